The topological polar surface area (TPSA) is 77.8 Å². The Morgan fingerprint density at radius 3 is 2.75 bits per heavy atom. The molecule has 20 heavy (non-hydrogen) atoms. The van der Waals surface area contributed by atoms with E-state index in [0.29, 0.717) is 18.5 Å². The smallest absolute Gasteiger partial charge is 0.328 e. The summed E-state index contributed by atoms with van der Waals surface area (Å²) in [7, 11) is 0. The summed E-state index contributed by atoms with van der Waals surface area (Å²) in [5.74, 6) is -2.28. The average Bonchev–Trinajstić information content (AvgIpc) is 2.83. The number of β-amino-alcohol motifs (C(OH)–C–C–N with tert-alkyl or cyclic N) is 1. The Morgan fingerprint density at radius 2 is 2.15 bits per heavy atom. The fraction of sp³-hybridized carbons (Fsp3) is 0.286. The summed E-state index contributed by atoms with van der Waals surface area (Å²) in [6, 6.07) is 3.83. The number of halogens is 1. The number of aliphatic carboxylic acids is 1. The Morgan fingerprint density at radius 1 is 1.40 bits per heavy atom. The lowest BCUT2D eigenvalue weighted by molar-refractivity contribution is -0.131. The van der Waals surface area contributed by atoms with Gasteiger partial charge in [-0.3, -0.25) is 4.79 Å². The molecule has 0 spiro atoms. The minimum absolute atomic E-state index is 0.119. The van der Waals surface area contributed by atoms with Gasteiger partial charge in [0.25, 0.3) is 5.91 Å². The molecule has 1 heterocycles. The molecule has 1 fully saturated rings. The number of benzene rings is 1. The fourth-order valence-electron chi connectivity index (χ4n) is 2.07. The van der Waals surface area contributed by atoms with E-state index in [1.54, 1.807) is 0 Å². The Hall–Kier alpha value is -2.21. The van der Waals surface area contributed by atoms with Crippen LogP contribution in [0.5, 0.6) is 0 Å². The van der Waals surface area contributed by atoms with Crippen molar-refractivity contribution < 1.29 is 24.2 Å². The molecule has 1 saturated heterocycles. The number of carboxylic acids is 1. The van der Waals surface area contributed by atoms with Crippen LogP contribution in [0.25, 0.3) is 6.08 Å². The Bertz CT molecular complexity index is 570. The van der Waals surface area contributed by atoms with E-state index in [1.807, 2.05) is 0 Å². The zero-order valence-corrected chi connectivity index (χ0v) is 10.6. The van der Waals surface area contributed by atoms with Crippen LogP contribution in [0.15, 0.2) is 24.3 Å². The number of aliphatic hydroxyl groups excluding tert-OH is 1. The molecule has 1 atom stereocenters. The van der Waals surface area contributed by atoms with Crippen LogP contribution in [0, 0.1) is 5.82 Å². The van der Waals surface area contributed by atoms with Crippen molar-refractivity contribution in [3.05, 3.63) is 41.2 Å². The Labute approximate surface area is 114 Å². The molecule has 0 bridgehead atoms. The largest absolute Gasteiger partial charge is 0.478 e. The van der Waals surface area contributed by atoms with Crippen molar-refractivity contribution in [3.63, 3.8) is 0 Å². The normalized spacial score (nSPS) is 18.7. The lowest BCUT2D eigenvalue weighted by Crippen LogP contribution is -2.30. The first kappa shape index (κ1) is 14.2. The predicted molar refractivity (Wildman–Crippen MR) is 69.6 cm³/mol. The highest BCUT2D eigenvalue weighted by atomic mass is 19.1. The second-order valence-corrected chi connectivity index (χ2v) is 4.60. The number of rotatable bonds is 3. The molecule has 1 aromatic carbocycles. The maximum Gasteiger partial charge on any atom is 0.328 e. The van der Waals surface area contributed by atoms with E-state index in [1.165, 1.54) is 23.1 Å². The predicted octanol–water partition coefficient (Wildman–Crippen LogP) is 1.13. The summed E-state index contributed by atoms with van der Waals surface area (Å²) in [5.41, 5.74) is 0.309. The number of likely N-dealkylation sites (tertiary alicyclic amines) is 1. The third-order valence-electron chi connectivity index (χ3n) is 3.09. The molecular formula is C14H14FNO4. The molecule has 1 amide bonds. The summed E-state index contributed by atoms with van der Waals surface area (Å²) < 4.78 is 13.7. The highest BCUT2D eigenvalue weighted by molar-refractivity contribution is 5.95. The van der Waals surface area contributed by atoms with Crippen LogP contribution >= 0.6 is 0 Å². The lowest BCUT2D eigenvalue weighted by atomic mass is 10.1. The summed E-state index contributed by atoms with van der Waals surface area (Å²) in [6.45, 7) is 0.572. The van der Waals surface area contributed by atoms with Crippen LogP contribution in [0.4, 0.5) is 4.39 Å². The molecule has 0 aliphatic carbocycles. The molecule has 2 rings (SSSR count). The van der Waals surface area contributed by atoms with Crippen molar-refractivity contribution in [2.75, 3.05) is 13.1 Å². The van der Waals surface area contributed by atoms with Crippen LogP contribution in [0.3, 0.4) is 0 Å². The second-order valence-electron chi connectivity index (χ2n) is 4.60. The third kappa shape index (κ3) is 3.21. The molecule has 1 aliphatic heterocycles. The molecule has 1 unspecified atom stereocenters. The number of aliphatic hydroxyl groups is 1. The van der Waals surface area contributed by atoms with E-state index in [-0.39, 0.29) is 12.1 Å². The number of nitrogens with zero attached hydrogens (tertiary/aromatic N) is 1. The highest BCUT2D eigenvalue weighted by Gasteiger charge is 2.27. The molecule has 0 radical (unpaired) electrons. The number of hydrogen-bond donors (Lipinski definition) is 2. The first-order valence-corrected chi connectivity index (χ1v) is 6.15. The van der Waals surface area contributed by atoms with E-state index in [2.05, 4.69) is 0 Å². The molecule has 0 saturated carbocycles. The van der Waals surface area contributed by atoms with E-state index in [0.717, 1.165) is 12.1 Å². The van der Waals surface area contributed by atoms with Crippen molar-refractivity contribution >= 4 is 18.0 Å². The van der Waals surface area contributed by atoms with Crippen molar-refractivity contribution in [1.82, 2.24) is 4.90 Å². The lowest BCUT2D eigenvalue weighted by Gasteiger charge is -2.16. The third-order valence-corrected chi connectivity index (χ3v) is 3.09. The van der Waals surface area contributed by atoms with Crippen LogP contribution < -0.4 is 0 Å². The summed E-state index contributed by atoms with van der Waals surface area (Å²) >= 11 is 0. The van der Waals surface area contributed by atoms with Crippen molar-refractivity contribution in [3.8, 4) is 0 Å². The van der Waals surface area contributed by atoms with Gasteiger partial charge in [-0.2, -0.15) is 0 Å². The molecule has 106 valence electrons. The zero-order chi connectivity index (χ0) is 14.7. The van der Waals surface area contributed by atoms with Gasteiger partial charge in [-0.1, -0.05) is 6.07 Å². The van der Waals surface area contributed by atoms with Gasteiger partial charge >= 0.3 is 5.97 Å². The Balaban J connectivity index is 2.24. The summed E-state index contributed by atoms with van der Waals surface area (Å²) in [6.07, 6.45) is 2.11. The molecule has 1 aromatic rings. The second kappa shape index (κ2) is 5.83. The standard InChI is InChI=1S/C14H14FNO4/c15-12-3-1-9(2-4-13(18)19)7-11(12)14(20)16-6-5-10(17)8-16/h1-4,7,10,17H,5-6,8H2,(H,18,19). The number of carbonyl (C=O) groups is 2. The van der Waals surface area contributed by atoms with Crippen molar-refractivity contribution in [1.29, 1.82) is 0 Å². The van der Waals surface area contributed by atoms with Gasteiger partial charge in [-0.05, 0) is 30.2 Å². The van der Waals surface area contributed by atoms with Crippen LogP contribution in [0.1, 0.15) is 22.3 Å². The molecule has 2 N–H and O–H groups in total. The van der Waals surface area contributed by atoms with Gasteiger partial charge in [0.05, 0.1) is 11.7 Å². The van der Waals surface area contributed by atoms with E-state index < -0.39 is 23.8 Å². The monoisotopic (exact) mass is 279 g/mol. The average molecular weight is 279 g/mol. The minimum atomic E-state index is -1.12. The number of amides is 1. The van der Waals surface area contributed by atoms with E-state index in [9.17, 15) is 19.1 Å². The van der Waals surface area contributed by atoms with Crippen LogP contribution in [0.2, 0.25) is 0 Å². The molecule has 0 aromatic heterocycles. The first-order chi connectivity index (χ1) is 9.47. The maximum absolute atomic E-state index is 13.7. The molecular weight excluding hydrogens is 265 g/mol. The summed E-state index contributed by atoms with van der Waals surface area (Å²) in [4.78, 5) is 24.0. The number of hydrogen-bond acceptors (Lipinski definition) is 3. The van der Waals surface area contributed by atoms with E-state index in [4.69, 9.17) is 5.11 Å². The van der Waals surface area contributed by atoms with Gasteiger partial charge < -0.3 is 15.1 Å². The van der Waals surface area contributed by atoms with Crippen molar-refractivity contribution in [2.24, 2.45) is 0 Å². The van der Waals surface area contributed by atoms with Gasteiger partial charge in [0, 0.05) is 19.2 Å². The maximum atomic E-state index is 13.7. The summed E-state index contributed by atoms with van der Waals surface area (Å²) in [5, 5.41) is 17.9. The minimum Gasteiger partial charge on any atom is -0.478 e. The van der Waals surface area contributed by atoms with Crippen molar-refractivity contribution in [2.45, 2.75) is 12.5 Å². The molecule has 1 aliphatic rings. The van der Waals surface area contributed by atoms with Crippen LogP contribution in [-0.4, -0.2) is 46.2 Å². The number of carbonyl (C=O) groups excluding carboxylic acids is 1. The number of carboxylic acid groups (broad SMARTS) is 1. The zero-order valence-electron chi connectivity index (χ0n) is 10.6. The van der Waals surface area contributed by atoms with Gasteiger partial charge in [-0.15, -0.1) is 0 Å². The van der Waals surface area contributed by atoms with Crippen LogP contribution in [-0.2, 0) is 4.79 Å². The SMILES string of the molecule is O=C(O)C=Cc1ccc(F)c(C(=O)N2CCC(O)C2)c1. The van der Waals surface area contributed by atoms with Gasteiger partial charge in [0.2, 0.25) is 0 Å². The van der Waals surface area contributed by atoms with Gasteiger partial charge in [0.15, 0.2) is 0 Å². The van der Waals surface area contributed by atoms with E-state index >= 15 is 0 Å². The fourth-order valence-corrected chi connectivity index (χ4v) is 2.07. The first-order valence-electron chi connectivity index (χ1n) is 6.15. The quantitative estimate of drug-likeness (QED) is 0.813. The highest BCUT2D eigenvalue weighted by Crippen LogP contribution is 2.18. The van der Waals surface area contributed by atoms with Gasteiger partial charge in [-0.25, -0.2) is 9.18 Å². The molecule has 6 heteroatoms. The molecule has 5 nitrogen and oxygen atoms in total. The Kier molecular flexibility index (Phi) is 4.14. The van der Waals surface area contributed by atoms with Gasteiger partial charge in [0.1, 0.15) is 5.82 Å².